The number of hydrogen-bond acceptors (Lipinski definition) is 2. The van der Waals surface area contributed by atoms with Crippen LogP contribution in [-0.2, 0) is 11.3 Å². The lowest BCUT2D eigenvalue weighted by atomic mass is 10.0. The van der Waals surface area contributed by atoms with E-state index in [1.807, 2.05) is 32.0 Å². The summed E-state index contributed by atoms with van der Waals surface area (Å²) >= 11 is 0. The molecule has 1 N–H and O–H groups in total. The van der Waals surface area contributed by atoms with Crippen LogP contribution in [0.15, 0.2) is 18.2 Å². The average molecular weight is 232 g/mol. The first-order chi connectivity index (χ1) is 8.04. The smallest absolute Gasteiger partial charge is 0.312 e. The van der Waals surface area contributed by atoms with Crippen LogP contribution in [0.1, 0.15) is 31.0 Å². The van der Waals surface area contributed by atoms with Gasteiger partial charge in [-0.25, -0.2) is 0 Å². The molecule has 0 aliphatic rings. The highest BCUT2D eigenvalue weighted by Gasteiger charge is 2.21. The van der Waals surface area contributed by atoms with Crippen molar-refractivity contribution >= 4 is 16.9 Å². The van der Waals surface area contributed by atoms with Gasteiger partial charge in [-0.05, 0) is 32.4 Å². The van der Waals surface area contributed by atoms with E-state index < -0.39 is 11.9 Å². The normalized spacial score (nSPS) is 12.9. The van der Waals surface area contributed by atoms with Gasteiger partial charge in [0.1, 0.15) is 0 Å². The van der Waals surface area contributed by atoms with Crippen molar-refractivity contribution in [3.63, 3.8) is 0 Å². The van der Waals surface area contributed by atoms with E-state index in [9.17, 15) is 4.79 Å². The van der Waals surface area contributed by atoms with Crippen molar-refractivity contribution in [2.45, 2.75) is 33.2 Å². The fraction of sp³-hybridized carbons (Fsp3) is 0.385. The number of benzene rings is 1. The molecule has 0 radical (unpaired) electrons. The maximum atomic E-state index is 11.1. The van der Waals surface area contributed by atoms with Crippen LogP contribution < -0.4 is 0 Å². The topological polar surface area (TPSA) is 55.1 Å². The van der Waals surface area contributed by atoms with Crippen LogP contribution in [0.4, 0.5) is 0 Å². The number of fused-ring (bicyclic) bond motifs is 1. The van der Waals surface area contributed by atoms with Crippen LogP contribution in [0.2, 0.25) is 0 Å². The molecule has 90 valence electrons. The minimum Gasteiger partial charge on any atom is -0.481 e. The van der Waals surface area contributed by atoms with Gasteiger partial charge in [0.15, 0.2) is 0 Å². The Balaban J connectivity index is 2.70. The SMILES string of the molecule is CCn1nc2cc(C)ccc2c1C(C)C(=O)O. The first-order valence-corrected chi connectivity index (χ1v) is 5.74. The van der Waals surface area contributed by atoms with Gasteiger partial charge in [0.05, 0.1) is 17.1 Å². The van der Waals surface area contributed by atoms with E-state index in [0.717, 1.165) is 22.2 Å². The summed E-state index contributed by atoms with van der Waals surface area (Å²) in [6.45, 7) is 6.35. The molecule has 2 rings (SSSR count). The van der Waals surface area contributed by atoms with Gasteiger partial charge in [-0.15, -0.1) is 0 Å². The largest absolute Gasteiger partial charge is 0.481 e. The summed E-state index contributed by atoms with van der Waals surface area (Å²) in [7, 11) is 0. The van der Waals surface area contributed by atoms with Crippen molar-refractivity contribution in [2.24, 2.45) is 0 Å². The number of carbonyl (C=O) groups is 1. The van der Waals surface area contributed by atoms with E-state index >= 15 is 0 Å². The zero-order chi connectivity index (χ0) is 12.6. The Bertz CT molecular complexity index is 572. The number of carboxylic acid groups (broad SMARTS) is 1. The Morgan fingerprint density at radius 1 is 1.53 bits per heavy atom. The summed E-state index contributed by atoms with van der Waals surface area (Å²) < 4.78 is 1.78. The third-order valence-electron chi connectivity index (χ3n) is 3.02. The second kappa shape index (κ2) is 4.20. The van der Waals surface area contributed by atoms with Gasteiger partial charge in [-0.3, -0.25) is 9.48 Å². The third-order valence-corrected chi connectivity index (χ3v) is 3.02. The third kappa shape index (κ3) is 1.90. The van der Waals surface area contributed by atoms with Gasteiger partial charge in [0.25, 0.3) is 0 Å². The van der Waals surface area contributed by atoms with Crippen molar-refractivity contribution in [2.75, 3.05) is 0 Å². The van der Waals surface area contributed by atoms with E-state index in [1.54, 1.807) is 11.6 Å². The highest BCUT2D eigenvalue weighted by Crippen LogP contribution is 2.26. The Morgan fingerprint density at radius 3 is 2.82 bits per heavy atom. The molecule has 17 heavy (non-hydrogen) atoms. The van der Waals surface area contributed by atoms with E-state index in [1.165, 1.54) is 0 Å². The fourth-order valence-corrected chi connectivity index (χ4v) is 2.08. The monoisotopic (exact) mass is 232 g/mol. The summed E-state index contributed by atoms with van der Waals surface area (Å²) in [6, 6.07) is 5.93. The lowest BCUT2D eigenvalue weighted by Gasteiger charge is -2.09. The van der Waals surface area contributed by atoms with Crippen molar-refractivity contribution in [3.8, 4) is 0 Å². The van der Waals surface area contributed by atoms with E-state index in [4.69, 9.17) is 5.11 Å². The van der Waals surface area contributed by atoms with Crippen LogP contribution in [0, 0.1) is 6.92 Å². The first-order valence-electron chi connectivity index (χ1n) is 5.74. The Kier molecular flexibility index (Phi) is 2.88. The number of nitrogens with zero attached hydrogens (tertiary/aromatic N) is 2. The quantitative estimate of drug-likeness (QED) is 0.884. The van der Waals surface area contributed by atoms with E-state index in [0.29, 0.717) is 6.54 Å². The lowest BCUT2D eigenvalue weighted by Crippen LogP contribution is -2.13. The predicted octanol–water partition coefficient (Wildman–Crippen LogP) is 2.55. The predicted molar refractivity (Wildman–Crippen MR) is 66.2 cm³/mol. The molecule has 0 spiro atoms. The fourth-order valence-electron chi connectivity index (χ4n) is 2.08. The van der Waals surface area contributed by atoms with Crippen molar-refractivity contribution in [1.82, 2.24) is 9.78 Å². The molecule has 1 heterocycles. The number of rotatable bonds is 3. The number of carboxylic acids is 1. The van der Waals surface area contributed by atoms with E-state index in [-0.39, 0.29) is 0 Å². The molecule has 4 heteroatoms. The molecule has 0 aliphatic heterocycles. The summed E-state index contributed by atoms with van der Waals surface area (Å²) in [5, 5.41) is 14.5. The van der Waals surface area contributed by atoms with Gasteiger partial charge in [-0.2, -0.15) is 5.10 Å². The zero-order valence-corrected chi connectivity index (χ0v) is 10.3. The molecular weight excluding hydrogens is 216 g/mol. The molecule has 0 fully saturated rings. The molecule has 0 amide bonds. The molecule has 0 aliphatic carbocycles. The summed E-state index contributed by atoms with van der Waals surface area (Å²) in [5.74, 6) is -1.36. The molecule has 2 aromatic rings. The Labute approximate surface area is 99.9 Å². The van der Waals surface area contributed by atoms with Crippen LogP contribution >= 0.6 is 0 Å². The molecule has 1 aromatic carbocycles. The summed E-state index contributed by atoms with van der Waals surface area (Å²) in [5.41, 5.74) is 2.79. The summed E-state index contributed by atoms with van der Waals surface area (Å²) in [6.07, 6.45) is 0. The standard InChI is InChI=1S/C13H16N2O2/c1-4-15-12(9(3)13(16)17)10-6-5-8(2)7-11(10)14-15/h5-7,9H,4H2,1-3H3,(H,16,17). The second-order valence-corrected chi connectivity index (χ2v) is 4.28. The molecule has 1 atom stereocenters. The molecule has 0 saturated carbocycles. The minimum atomic E-state index is -0.818. The average Bonchev–Trinajstić information content (AvgIpc) is 2.65. The van der Waals surface area contributed by atoms with Crippen molar-refractivity contribution in [3.05, 3.63) is 29.5 Å². The van der Waals surface area contributed by atoms with Gasteiger partial charge in [-0.1, -0.05) is 12.1 Å². The maximum absolute atomic E-state index is 11.1. The molecule has 4 nitrogen and oxygen atoms in total. The van der Waals surface area contributed by atoms with Gasteiger partial charge < -0.3 is 5.11 Å². The molecular formula is C13H16N2O2. The van der Waals surface area contributed by atoms with Gasteiger partial charge in [0, 0.05) is 11.9 Å². The van der Waals surface area contributed by atoms with E-state index in [2.05, 4.69) is 5.10 Å². The van der Waals surface area contributed by atoms with Crippen LogP contribution in [0.3, 0.4) is 0 Å². The highest BCUT2D eigenvalue weighted by atomic mass is 16.4. The number of aromatic nitrogens is 2. The summed E-state index contributed by atoms with van der Waals surface area (Å²) in [4.78, 5) is 11.1. The zero-order valence-electron chi connectivity index (χ0n) is 10.3. The Morgan fingerprint density at radius 2 is 2.24 bits per heavy atom. The number of aryl methyl sites for hydroxylation is 2. The van der Waals surface area contributed by atoms with Gasteiger partial charge >= 0.3 is 5.97 Å². The molecule has 1 aromatic heterocycles. The van der Waals surface area contributed by atoms with Crippen molar-refractivity contribution in [1.29, 1.82) is 0 Å². The lowest BCUT2D eigenvalue weighted by molar-refractivity contribution is -0.138. The molecule has 0 bridgehead atoms. The number of hydrogen-bond donors (Lipinski definition) is 1. The molecule has 1 unspecified atom stereocenters. The first kappa shape index (κ1) is 11.6. The van der Waals surface area contributed by atoms with Crippen LogP contribution in [0.5, 0.6) is 0 Å². The second-order valence-electron chi connectivity index (χ2n) is 4.28. The van der Waals surface area contributed by atoms with Crippen molar-refractivity contribution < 1.29 is 9.90 Å². The van der Waals surface area contributed by atoms with Crippen LogP contribution in [0.25, 0.3) is 10.9 Å². The number of aliphatic carboxylic acids is 1. The molecule has 0 saturated heterocycles. The Hall–Kier alpha value is -1.84. The highest BCUT2D eigenvalue weighted by molar-refractivity contribution is 5.88. The van der Waals surface area contributed by atoms with Crippen LogP contribution in [-0.4, -0.2) is 20.9 Å². The minimum absolute atomic E-state index is 0.539. The maximum Gasteiger partial charge on any atom is 0.312 e. The van der Waals surface area contributed by atoms with Gasteiger partial charge in [0.2, 0.25) is 0 Å².